The Morgan fingerprint density at radius 3 is 2.84 bits per heavy atom. The van der Waals surface area contributed by atoms with E-state index in [1.807, 2.05) is 0 Å². The zero-order valence-corrected chi connectivity index (χ0v) is 12.1. The average molecular weight is 256 g/mol. The SMILES string of the molecule is Cc1ccc2c(c1)c(CCNC1CCCC1)cn2C. The van der Waals surface area contributed by atoms with Crippen LogP contribution in [0.5, 0.6) is 0 Å². The van der Waals surface area contributed by atoms with Gasteiger partial charge in [-0.2, -0.15) is 0 Å². The first-order valence-electron chi connectivity index (χ1n) is 7.52. The summed E-state index contributed by atoms with van der Waals surface area (Å²) in [6.07, 6.45) is 8.98. The number of hydrogen-bond donors (Lipinski definition) is 1. The molecule has 0 radical (unpaired) electrons. The fourth-order valence-electron chi connectivity index (χ4n) is 3.33. The van der Waals surface area contributed by atoms with Crippen LogP contribution in [0.15, 0.2) is 24.4 Å². The van der Waals surface area contributed by atoms with Gasteiger partial charge in [-0.1, -0.05) is 24.5 Å². The first kappa shape index (κ1) is 12.7. The molecule has 2 aromatic rings. The molecule has 1 heterocycles. The van der Waals surface area contributed by atoms with Gasteiger partial charge in [-0.25, -0.2) is 0 Å². The lowest BCUT2D eigenvalue weighted by Crippen LogP contribution is -2.27. The Balaban J connectivity index is 1.71. The molecule has 2 nitrogen and oxygen atoms in total. The summed E-state index contributed by atoms with van der Waals surface area (Å²) in [7, 11) is 2.14. The summed E-state index contributed by atoms with van der Waals surface area (Å²) in [5, 5.41) is 5.14. The van der Waals surface area contributed by atoms with Gasteiger partial charge in [-0.05, 0) is 50.4 Å². The first-order valence-corrected chi connectivity index (χ1v) is 7.52. The van der Waals surface area contributed by atoms with Crippen LogP contribution in [-0.4, -0.2) is 17.2 Å². The minimum atomic E-state index is 0.775. The van der Waals surface area contributed by atoms with E-state index >= 15 is 0 Å². The Morgan fingerprint density at radius 1 is 1.26 bits per heavy atom. The maximum atomic E-state index is 3.71. The maximum Gasteiger partial charge on any atom is 0.0480 e. The molecule has 1 aliphatic carbocycles. The number of hydrogen-bond acceptors (Lipinski definition) is 1. The summed E-state index contributed by atoms with van der Waals surface area (Å²) in [6, 6.07) is 7.53. The van der Waals surface area contributed by atoms with E-state index in [1.165, 1.54) is 47.7 Å². The Morgan fingerprint density at radius 2 is 2.05 bits per heavy atom. The smallest absolute Gasteiger partial charge is 0.0480 e. The second-order valence-corrected chi connectivity index (χ2v) is 5.97. The van der Waals surface area contributed by atoms with Crippen LogP contribution in [-0.2, 0) is 13.5 Å². The second kappa shape index (κ2) is 5.38. The van der Waals surface area contributed by atoms with E-state index in [1.54, 1.807) is 0 Å². The van der Waals surface area contributed by atoms with Crippen LogP contribution < -0.4 is 5.32 Å². The molecular weight excluding hydrogens is 232 g/mol. The van der Waals surface area contributed by atoms with Crippen LogP contribution in [0.3, 0.4) is 0 Å². The number of nitrogens with one attached hydrogen (secondary N) is 1. The van der Waals surface area contributed by atoms with E-state index in [4.69, 9.17) is 0 Å². The fourth-order valence-corrected chi connectivity index (χ4v) is 3.33. The Labute approximate surface area is 115 Å². The van der Waals surface area contributed by atoms with Crippen LogP contribution in [0.1, 0.15) is 36.8 Å². The monoisotopic (exact) mass is 256 g/mol. The molecule has 1 fully saturated rings. The van der Waals surface area contributed by atoms with Gasteiger partial charge in [0.1, 0.15) is 0 Å². The molecule has 1 saturated carbocycles. The Kier molecular flexibility index (Phi) is 3.61. The number of benzene rings is 1. The fraction of sp³-hybridized carbons (Fsp3) is 0.529. The minimum Gasteiger partial charge on any atom is -0.350 e. The van der Waals surface area contributed by atoms with Gasteiger partial charge in [0.05, 0.1) is 0 Å². The van der Waals surface area contributed by atoms with Gasteiger partial charge in [-0.3, -0.25) is 0 Å². The van der Waals surface area contributed by atoms with E-state index < -0.39 is 0 Å². The maximum absolute atomic E-state index is 3.71. The summed E-state index contributed by atoms with van der Waals surface area (Å²) < 4.78 is 2.25. The molecule has 0 saturated heterocycles. The zero-order valence-electron chi connectivity index (χ0n) is 12.1. The number of aromatic nitrogens is 1. The lowest BCUT2D eigenvalue weighted by molar-refractivity contribution is 0.528. The third-order valence-corrected chi connectivity index (χ3v) is 4.41. The third-order valence-electron chi connectivity index (χ3n) is 4.41. The molecule has 1 aromatic carbocycles. The van der Waals surface area contributed by atoms with Crippen molar-refractivity contribution in [3.8, 4) is 0 Å². The summed E-state index contributed by atoms with van der Waals surface area (Å²) in [5.74, 6) is 0. The van der Waals surface area contributed by atoms with Crippen molar-refractivity contribution in [1.82, 2.24) is 9.88 Å². The summed E-state index contributed by atoms with van der Waals surface area (Å²) in [4.78, 5) is 0. The number of aryl methyl sites for hydroxylation is 2. The predicted octanol–water partition coefficient (Wildman–Crippen LogP) is 3.56. The van der Waals surface area contributed by atoms with Gasteiger partial charge >= 0.3 is 0 Å². The van der Waals surface area contributed by atoms with Crippen LogP contribution in [0.2, 0.25) is 0 Å². The van der Waals surface area contributed by atoms with Gasteiger partial charge in [0, 0.05) is 30.2 Å². The van der Waals surface area contributed by atoms with Crippen molar-refractivity contribution >= 4 is 10.9 Å². The molecule has 0 spiro atoms. The van der Waals surface area contributed by atoms with Crippen LogP contribution >= 0.6 is 0 Å². The topological polar surface area (TPSA) is 17.0 Å². The van der Waals surface area contributed by atoms with E-state index in [9.17, 15) is 0 Å². The summed E-state index contributed by atoms with van der Waals surface area (Å²) >= 11 is 0. The quantitative estimate of drug-likeness (QED) is 0.885. The van der Waals surface area contributed by atoms with Gasteiger partial charge in [0.2, 0.25) is 0 Å². The second-order valence-electron chi connectivity index (χ2n) is 5.97. The lowest BCUT2D eigenvalue weighted by Gasteiger charge is -2.11. The van der Waals surface area contributed by atoms with Crippen molar-refractivity contribution < 1.29 is 0 Å². The van der Waals surface area contributed by atoms with Crippen molar-refractivity contribution in [2.24, 2.45) is 7.05 Å². The van der Waals surface area contributed by atoms with Gasteiger partial charge in [0.25, 0.3) is 0 Å². The third kappa shape index (κ3) is 2.69. The van der Waals surface area contributed by atoms with Crippen LogP contribution in [0.25, 0.3) is 10.9 Å². The normalized spacial score (nSPS) is 16.5. The van der Waals surface area contributed by atoms with Crippen molar-refractivity contribution in [2.75, 3.05) is 6.54 Å². The van der Waals surface area contributed by atoms with Gasteiger partial charge in [-0.15, -0.1) is 0 Å². The number of fused-ring (bicyclic) bond motifs is 1. The molecule has 1 aliphatic rings. The molecule has 0 bridgehead atoms. The highest BCUT2D eigenvalue weighted by Crippen LogP contribution is 2.22. The Hall–Kier alpha value is -1.28. The highest BCUT2D eigenvalue weighted by atomic mass is 14.9. The van der Waals surface area contributed by atoms with Crippen molar-refractivity contribution in [3.63, 3.8) is 0 Å². The minimum absolute atomic E-state index is 0.775. The highest BCUT2D eigenvalue weighted by molar-refractivity contribution is 5.84. The number of nitrogens with zero attached hydrogens (tertiary/aromatic N) is 1. The first-order chi connectivity index (χ1) is 9.24. The average Bonchev–Trinajstić information content (AvgIpc) is 2.99. The molecule has 3 rings (SSSR count). The zero-order chi connectivity index (χ0) is 13.2. The van der Waals surface area contributed by atoms with E-state index in [2.05, 4.69) is 48.3 Å². The number of rotatable bonds is 4. The molecule has 0 atom stereocenters. The summed E-state index contributed by atoms with van der Waals surface area (Å²) in [5.41, 5.74) is 4.18. The molecule has 2 heteroatoms. The molecule has 0 amide bonds. The van der Waals surface area contributed by atoms with E-state index in [0.717, 1.165) is 19.0 Å². The van der Waals surface area contributed by atoms with E-state index in [0.29, 0.717) is 0 Å². The molecule has 102 valence electrons. The van der Waals surface area contributed by atoms with Crippen LogP contribution in [0, 0.1) is 6.92 Å². The standard InChI is InChI=1S/C17H24N2/c1-13-7-8-17-16(11-13)14(12-19(17)2)9-10-18-15-5-3-4-6-15/h7-8,11-12,15,18H,3-6,9-10H2,1-2H3. The van der Waals surface area contributed by atoms with Crippen molar-refractivity contribution in [3.05, 3.63) is 35.5 Å². The predicted molar refractivity (Wildman–Crippen MR) is 81.6 cm³/mol. The highest BCUT2D eigenvalue weighted by Gasteiger charge is 2.14. The molecule has 1 aromatic heterocycles. The summed E-state index contributed by atoms with van der Waals surface area (Å²) in [6.45, 7) is 3.28. The van der Waals surface area contributed by atoms with E-state index in [-0.39, 0.29) is 0 Å². The van der Waals surface area contributed by atoms with Gasteiger partial charge < -0.3 is 9.88 Å². The molecular formula is C17H24N2. The molecule has 1 N–H and O–H groups in total. The van der Waals surface area contributed by atoms with Gasteiger partial charge in [0.15, 0.2) is 0 Å². The van der Waals surface area contributed by atoms with Crippen molar-refractivity contribution in [1.29, 1.82) is 0 Å². The Bertz CT molecular complexity index is 562. The molecule has 19 heavy (non-hydrogen) atoms. The van der Waals surface area contributed by atoms with Crippen molar-refractivity contribution in [2.45, 2.75) is 45.1 Å². The van der Waals surface area contributed by atoms with Crippen LogP contribution in [0.4, 0.5) is 0 Å². The lowest BCUT2D eigenvalue weighted by atomic mass is 10.1. The molecule has 0 aliphatic heterocycles. The largest absolute Gasteiger partial charge is 0.350 e. The molecule has 0 unspecified atom stereocenters.